The van der Waals surface area contributed by atoms with Gasteiger partial charge in [-0.05, 0) is 131 Å². The Morgan fingerprint density at radius 3 is 1.39 bits per heavy atom. The number of benzene rings is 10. The average Bonchev–Trinajstić information content (AvgIpc) is 3.32. The molecule has 1 nitrogen and oxygen atoms in total. The van der Waals surface area contributed by atoms with E-state index >= 15 is 0 Å². The van der Waals surface area contributed by atoms with Gasteiger partial charge in [0, 0.05) is 11.4 Å². The molecule has 278 valence electrons. The molecule has 0 atom stereocenters. The first-order valence-electron chi connectivity index (χ1n) is 20.7. The van der Waals surface area contributed by atoms with E-state index in [1.54, 1.807) is 0 Å². The van der Waals surface area contributed by atoms with Gasteiger partial charge in [-0.1, -0.05) is 194 Å². The maximum atomic E-state index is 2.48. The summed E-state index contributed by atoms with van der Waals surface area (Å²) in [4.78, 5) is 2.48. The summed E-state index contributed by atoms with van der Waals surface area (Å²) in [5.74, 6) is 0. The lowest BCUT2D eigenvalue weighted by Gasteiger charge is -2.30. The normalized spacial score (nSPS) is 12.2. The van der Waals surface area contributed by atoms with Crippen molar-refractivity contribution in [2.45, 2.75) is 12.8 Å². The third-order valence-electron chi connectivity index (χ3n) is 12.1. The number of hydrogen-bond donors (Lipinski definition) is 0. The van der Waals surface area contributed by atoms with E-state index in [1.807, 2.05) is 0 Å². The van der Waals surface area contributed by atoms with E-state index in [9.17, 15) is 0 Å². The Hall–Kier alpha value is -7.48. The predicted molar refractivity (Wildman–Crippen MR) is 253 cm³/mol. The fourth-order valence-electron chi connectivity index (χ4n) is 9.43. The maximum absolute atomic E-state index is 2.48. The van der Waals surface area contributed by atoms with Crippen LogP contribution in [0, 0.1) is 0 Å². The van der Waals surface area contributed by atoms with Crippen LogP contribution in [0.3, 0.4) is 0 Å². The molecule has 0 radical (unpaired) electrons. The van der Waals surface area contributed by atoms with Crippen molar-refractivity contribution in [2.24, 2.45) is 0 Å². The van der Waals surface area contributed by atoms with Gasteiger partial charge in [0.1, 0.15) is 0 Å². The largest absolute Gasteiger partial charge is 0.310 e. The number of allylic oxidation sites excluding steroid dienone is 1. The van der Waals surface area contributed by atoms with Crippen molar-refractivity contribution >= 4 is 55.5 Å². The molecule has 0 saturated carbocycles. The third kappa shape index (κ3) is 6.11. The van der Waals surface area contributed by atoms with Crippen LogP contribution < -0.4 is 4.90 Å². The SMILES string of the molecule is C1=Cc2c(c(N(c3ccc(-c4ccccc4-c4ccccc4)cc3)c3ccc(-c4c(-c5ccccc5)c5ccccc5c5ccccc45)cc3)cc3ccccc23)CC1. The van der Waals surface area contributed by atoms with Gasteiger partial charge in [-0.3, -0.25) is 0 Å². The predicted octanol–water partition coefficient (Wildman–Crippen LogP) is 16.2. The van der Waals surface area contributed by atoms with Crippen LogP contribution in [0.25, 0.3) is 82.9 Å². The highest BCUT2D eigenvalue weighted by molar-refractivity contribution is 6.21. The van der Waals surface area contributed by atoms with Crippen molar-refractivity contribution in [1.82, 2.24) is 0 Å². The van der Waals surface area contributed by atoms with Crippen LogP contribution in [0.1, 0.15) is 17.5 Å². The number of nitrogens with zero attached hydrogens (tertiary/aromatic N) is 1. The number of anilines is 3. The van der Waals surface area contributed by atoms with Crippen LogP contribution in [-0.4, -0.2) is 0 Å². The lowest BCUT2D eigenvalue weighted by molar-refractivity contribution is 0.983. The van der Waals surface area contributed by atoms with Crippen molar-refractivity contribution < 1.29 is 0 Å². The zero-order valence-corrected chi connectivity index (χ0v) is 32.7. The van der Waals surface area contributed by atoms with Gasteiger partial charge in [-0.15, -0.1) is 0 Å². The van der Waals surface area contributed by atoms with Gasteiger partial charge in [0.25, 0.3) is 0 Å². The molecule has 0 spiro atoms. The Morgan fingerprint density at radius 2 is 0.797 bits per heavy atom. The highest BCUT2D eigenvalue weighted by atomic mass is 15.1. The Labute approximate surface area is 345 Å². The van der Waals surface area contributed by atoms with Crippen LogP contribution in [0.5, 0.6) is 0 Å². The Kier molecular flexibility index (Phi) is 8.71. The van der Waals surface area contributed by atoms with E-state index in [0.717, 1.165) is 24.2 Å². The van der Waals surface area contributed by atoms with E-state index in [-0.39, 0.29) is 0 Å². The highest BCUT2D eigenvalue weighted by Gasteiger charge is 2.23. The van der Waals surface area contributed by atoms with Gasteiger partial charge >= 0.3 is 0 Å². The van der Waals surface area contributed by atoms with Crippen molar-refractivity contribution in [1.29, 1.82) is 0 Å². The molecule has 0 aliphatic heterocycles. The third-order valence-corrected chi connectivity index (χ3v) is 12.1. The molecule has 11 rings (SSSR count). The lowest BCUT2D eigenvalue weighted by atomic mass is 9.85. The van der Waals surface area contributed by atoms with E-state index in [1.165, 1.54) is 93.6 Å². The van der Waals surface area contributed by atoms with Crippen LogP contribution in [0.4, 0.5) is 17.1 Å². The highest BCUT2D eigenvalue weighted by Crippen LogP contribution is 2.47. The number of rotatable bonds is 7. The molecule has 0 aromatic heterocycles. The first kappa shape index (κ1) is 34.7. The molecule has 59 heavy (non-hydrogen) atoms. The molecule has 1 aliphatic rings. The average molecular weight is 752 g/mol. The summed E-state index contributed by atoms with van der Waals surface area (Å²) in [6.07, 6.45) is 6.69. The summed E-state index contributed by atoms with van der Waals surface area (Å²) >= 11 is 0. The molecule has 0 saturated heterocycles. The standard InChI is InChI=1S/C58H41N/c1-3-17-40(18-4-1)47-22-9-10-23-48(47)41-31-35-45(36-32-41)59(56-39-44-21-7-8-24-49(44)50-25-11-14-28-53(50)56)46-37-33-43(34-38-46)58-55-30-16-13-27-52(55)51-26-12-15-29-54(51)57(58)42-19-5-2-6-20-42/h1-13,15-27,29-39H,14,28H2. The molecule has 0 fully saturated rings. The first-order valence-corrected chi connectivity index (χ1v) is 20.7. The van der Waals surface area contributed by atoms with Crippen LogP contribution in [0.15, 0.2) is 218 Å². The Morgan fingerprint density at radius 1 is 0.356 bits per heavy atom. The van der Waals surface area contributed by atoms with Gasteiger partial charge in [0.2, 0.25) is 0 Å². The zero-order valence-electron chi connectivity index (χ0n) is 32.7. The van der Waals surface area contributed by atoms with Gasteiger partial charge < -0.3 is 4.90 Å². The summed E-state index contributed by atoms with van der Waals surface area (Å²) < 4.78 is 0. The summed E-state index contributed by atoms with van der Waals surface area (Å²) in [5.41, 5.74) is 16.0. The van der Waals surface area contributed by atoms with Gasteiger partial charge in [0.05, 0.1) is 5.69 Å². The number of fused-ring (bicyclic) bond motifs is 6. The van der Waals surface area contributed by atoms with E-state index in [2.05, 4.69) is 229 Å². The molecule has 10 aromatic carbocycles. The minimum Gasteiger partial charge on any atom is -0.310 e. The molecule has 0 amide bonds. The molecule has 0 bridgehead atoms. The second-order valence-corrected chi connectivity index (χ2v) is 15.5. The molecule has 1 aliphatic carbocycles. The molecule has 0 unspecified atom stereocenters. The molecule has 10 aromatic rings. The van der Waals surface area contributed by atoms with Crippen molar-refractivity contribution in [3.63, 3.8) is 0 Å². The van der Waals surface area contributed by atoms with Gasteiger partial charge in [0.15, 0.2) is 0 Å². The molecule has 0 N–H and O–H groups in total. The maximum Gasteiger partial charge on any atom is 0.0506 e. The van der Waals surface area contributed by atoms with Crippen molar-refractivity contribution in [2.75, 3.05) is 4.90 Å². The first-order chi connectivity index (χ1) is 29.3. The van der Waals surface area contributed by atoms with E-state index < -0.39 is 0 Å². The summed E-state index contributed by atoms with van der Waals surface area (Å²) in [7, 11) is 0. The van der Waals surface area contributed by atoms with Crippen molar-refractivity contribution in [3.05, 3.63) is 230 Å². The molecular formula is C58H41N. The lowest BCUT2D eigenvalue weighted by Crippen LogP contribution is -2.14. The molecule has 0 heterocycles. The van der Waals surface area contributed by atoms with Crippen LogP contribution in [0.2, 0.25) is 0 Å². The quantitative estimate of drug-likeness (QED) is 0.147. The van der Waals surface area contributed by atoms with Crippen LogP contribution in [-0.2, 0) is 6.42 Å². The monoisotopic (exact) mass is 751 g/mol. The Bertz CT molecular complexity index is 3180. The van der Waals surface area contributed by atoms with Crippen molar-refractivity contribution in [3.8, 4) is 44.5 Å². The van der Waals surface area contributed by atoms with E-state index in [0.29, 0.717) is 0 Å². The fourth-order valence-corrected chi connectivity index (χ4v) is 9.43. The minimum atomic E-state index is 0.993. The van der Waals surface area contributed by atoms with E-state index in [4.69, 9.17) is 0 Å². The molecule has 1 heteroatoms. The fraction of sp³-hybridized carbons (Fsp3) is 0.0345. The van der Waals surface area contributed by atoms with Crippen LogP contribution >= 0.6 is 0 Å². The molecular weight excluding hydrogens is 711 g/mol. The number of hydrogen-bond acceptors (Lipinski definition) is 1. The van der Waals surface area contributed by atoms with Gasteiger partial charge in [-0.25, -0.2) is 0 Å². The zero-order chi connectivity index (χ0) is 39.1. The second-order valence-electron chi connectivity index (χ2n) is 15.5. The Balaban J connectivity index is 1.10. The smallest absolute Gasteiger partial charge is 0.0506 e. The summed E-state index contributed by atoms with van der Waals surface area (Å²) in [5, 5.41) is 7.63. The topological polar surface area (TPSA) is 3.24 Å². The summed E-state index contributed by atoms with van der Waals surface area (Å²) in [6.45, 7) is 0. The second kappa shape index (κ2) is 14.8. The minimum absolute atomic E-state index is 0.993. The summed E-state index contributed by atoms with van der Waals surface area (Å²) in [6, 6.07) is 77.8. The van der Waals surface area contributed by atoms with Gasteiger partial charge in [-0.2, -0.15) is 0 Å².